The maximum Gasteiger partial charge on any atom is 0.332 e. The van der Waals surface area contributed by atoms with Crippen LogP contribution in [-0.4, -0.2) is 47.2 Å². The molecule has 0 aromatic heterocycles. The molecule has 1 heterocycles. The lowest BCUT2D eigenvalue weighted by atomic mass is 9.90. The van der Waals surface area contributed by atoms with Gasteiger partial charge in [0.2, 0.25) is 6.41 Å². The van der Waals surface area contributed by atoms with Crippen LogP contribution in [0.15, 0.2) is 0 Å². The maximum absolute atomic E-state index is 11.2. The molecule has 5 heteroatoms. The minimum atomic E-state index is -1.17. The number of carboxylic acids is 1. The summed E-state index contributed by atoms with van der Waals surface area (Å²) in [5.74, 6) is -0.989. The van der Waals surface area contributed by atoms with Crippen molar-refractivity contribution in [3.05, 3.63) is 0 Å². The molecule has 1 N–H and O–H groups in total. The highest BCUT2D eigenvalue weighted by Gasteiger charge is 2.52. The molecule has 0 saturated carbocycles. The van der Waals surface area contributed by atoms with Crippen molar-refractivity contribution < 1.29 is 19.4 Å². The van der Waals surface area contributed by atoms with Gasteiger partial charge in [-0.3, -0.25) is 4.79 Å². The molecule has 80 valence electrons. The number of carboxylic acid groups (broad SMARTS) is 1. The van der Waals surface area contributed by atoms with E-state index in [0.717, 1.165) is 0 Å². The summed E-state index contributed by atoms with van der Waals surface area (Å²) in [6.45, 7) is 4.21. The largest absolute Gasteiger partial charge is 0.479 e. The van der Waals surface area contributed by atoms with Crippen molar-refractivity contribution in [2.45, 2.75) is 31.9 Å². The molecule has 0 aromatic carbocycles. The number of likely N-dealkylation sites (N-methyl/N-ethyl adjacent to an activating group) is 1. The highest BCUT2D eigenvalue weighted by Crippen LogP contribution is 2.31. The van der Waals surface area contributed by atoms with E-state index in [2.05, 4.69) is 0 Å². The van der Waals surface area contributed by atoms with Crippen LogP contribution in [0.1, 0.15) is 20.3 Å². The van der Waals surface area contributed by atoms with Crippen molar-refractivity contribution in [1.29, 1.82) is 0 Å². The first kappa shape index (κ1) is 11.0. The van der Waals surface area contributed by atoms with E-state index in [9.17, 15) is 14.7 Å². The second kappa shape index (κ2) is 3.96. The van der Waals surface area contributed by atoms with Crippen molar-refractivity contribution in [2.24, 2.45) is 0 Å². The number of ether oxygens (including phenoxy) is 1. The Morgan fingerprint density at radius 2 is 2.43 bits per heavy atom. The number of hydrogen-bond acceptors (Lipinski definition) is 3. The van der Waals surface area contributed by atoms with Crippen LogP contribution in [0.4, 0.5) is 0 Å². The van der Waals surface area contributed by atoms with Crippen molar-refractivity contribution in [3.8, 4) is 0 Å². The van der Waals surface area contributed by atoms with Gasteiger partial charge in [-0.05, 0) is 13.8 Å². The average Bonchev–Trinajstić information content (AvgIpc) is 2.51. The first-order valence-electron chi connectivity index (χ1n) is 4.66. The molecule has 2 atom stereocenters. The van der Waals surface area contributed by atoms with Crippen LogP contribution in [-0.2, 0) is 14.3 Å². The molecular weight excluding hydrogens is 186 g/mol. The number of rotatable bonds is 4. The average molecular weight is 201 g/mol. The molecule has 1 saturated heterocycles. The fourth-order valence-corrected chi connectivity index (χ4v) is 1.96. The van der Waals surface area contributed by atoms with E-state index in [-0.39, 0.29) is 0 Å². The Hall–Kier alpha value is -1.10. The Morgan fingerprint density at radius 3 is 2.71 bits per heavy atom. The SMILES string of the molecule is CCN(C=O)C1(C(=O)O)CCOC1C. The first-order valence-corrected chi connectivity index (χ1v) is 4.66. The second-order valence-electron chi connectivity index (χ2n) is 3.38. The van der Waals surface area contributed by atoms with Crippen LogP contribution in [0.2, 0.25) is 0 Å². The normalized spacial score (nSPS) is 31.4. The van der Waals surface area contributed by atoms with E-state index >= 15 is 0 Å². The van der Waals surface area contributed by atoms with Gasteiger partial charge in [-0.25, -0.2) is 4.79 Å². The Morgan fingerprint density at radius 1 is 1.79 bits per heavy atom. The smallest absolute Gasteiger partial charge is 0.332 e. The third-order valence-corrected chi connectivity index (χ3v) is 2.87. The van der Waals surface area contributed by atoms with E-state index < -0.39 is 17.6 Å². The Bertz CT molecular complexity index is 243. The third-order valence-electron chi connectivity index (χ3n) is 2.87. The minimum absolute atomic E-state index is 0.357. The Labute approximate surface area is 82.6 Å². The molecule has 0 aliphatic carbocycles. The van der Waals surface area contributed by atoms with Gasteiger partial charge in [0.1, 0.15) is 0 Å². The summed E-state index contributed by atoms with van der Waals surface area (Å²) >= 11 is 0. The van der Waals surface area contributed by atoms with Gasteiger partial charge >= 0.3 is 5.97 Å². The minimum Gasteiger partial charge on any atom is -0.479 e. The summed E-state index contributed by atoms with van der Waals surface area (Å²) in [6.07, 6.45) is 0.486. The molecule has 1 aliphatic rings. The predicted molar refractivity (Wildman–Crippen MR) is 48.8 cm³/mol. The molecule has 5 nitrogen and oxygen atoms in total. The molecule has 0 bridgehead atoms. The summed E-state index contributed by atoms with van der Waals surface area (Å²) in [7, 11) is 0. The quantitative estimate of drug-likeness (QED) is 0.655. The van der Waals surface area contributed by atoms with Crippen LogP contribution >= 0.6 is 0 Å². The highest BCUT2D eigenvalue weighted by atomic mass is 16.5. The lowest BCUT2D eigenvalue weighted by Crippen LogP contribution is -2.58. The molecule has 1 fully saturated rings. The Balaban J connectivity index is 3.02. The van der Waals surface area contributed by atoms with Crippen LogP contribution in [0, 0.1) is 0 Å². The molecule has 2 unspecified atom stereocenters. The zero-order chi connectivity index (χ0) is 10.8. The van der Waals surface area contributed by atoms with Gasteiger partial charge in [-0.1, -0.05) is 0 Å². The fraction of sp³-hybridized carbons (Fsp3) is 0.778. The van der Waals surface area contributed by atoms with E-state index in [0.29, 0.717) is 26.0 Å². The number of aliphatic carboxylic acids is 1. The van der Waals surface area contributed by atoms with Crippen molar-refractivity contribution >= 4 is 12.4 Å². The maximum atomic E-state index is 11.2. The van der Waals surface area contributed by atoms with E-state index in [1.54, 1.807) is 13.8 Å². The van der Waals surface area contributed by atoms with Gasteiger partial charge in [0, 0.05) is 19.6 Å². The lowest BCUT2D eigenvalue weighted by molar-refractivity contribution is -0.158. The Kier molecular flexibility index (Phi) is 3.10. The zero-order valence-electron chi connectivity index (χ0n) is 8.40. The summed E-state index contributed by atoms with van der Waals surface area (Å²) in [6, 6.07) is 0. The van der Waals surface area contributed by atoms with E-state index in [1.807, 2.05) is 0 Å². The van der Waals surface area contributed by atoms with Gasteiger partial charge < -0.3 is 14.7 Å². The van der Waals surface area contributed by atoms with Crippen LogP contribution in [0.25, 0.3) is 0 Å². The van der Waals surface area contributed by atoms with Crippen molar-refractivity contribution in [2.75, 3.05) is 13.2 Å². The first-order chi connectivity index (χ1) is 6.59. The third kappa shape index (κ3) is 1.37. The molecule has 1 amide bonds. The van der Waals surface area contributed by atoms with Gasteiger partial charge in [0.25, 0.3) is 0 Å². The fourth-order valence-electron chi connectivity index (χ4n) is 1.96. The number of nitrogens with zero attached hydrogens (tertiary/aromatic N) is 1. The predicted octanol–water partition coefficient (Wildman–Crippen LogP) is 0.0969. The number of carbonyl (C=O) groups excluding carboxylic acids is 1. The monoisotopic (exact) mass is 201 g/mol. The lowest BCUT2D eigenvalue weighted by Gasteiger charge is -2.36. The van der Waals surface area contributed by atoms with Crippen LogP contribution in [0.5, 0.6) is 0 Å². The number of hydrogen-bond donors (Lipinski definition) is 1. The summed E-state index contributed by atoms with van der Waals surface area (Å²) in [5, 5.41) is 9.19. The van der Waals surface area contributed by atoms with Crippen molar-refractivity contribution in [1.82, 2.24) is 4.90 Å². The van der Waals surface area contributed by atoms with Crippen LogP contribution < -0.4 is 0 Å². The summed E-state index contributed by atoms with van der Waals surface area (Å²) in [5.41, 5.74) is -1.17. The van der Waals surface area contributed by atoms with Gasteiger partial charge in [-0.15, -0.1) is 0 Å². The number of carbonyl (C=O) groups is 2. The molecule has 0 aromatic rings. The van der Waals surface area contributed by atoms with E-state index in [1.165, 1.54) is 4.90 Å². The van der Waals surface area contributed by atoms with Crippen molar-refractivity contribution in [3.63, 3.8) is 0 Å². The zero-order valence-corrected chi connectivity index (χ0v) is 8.40. The number of amides is 1. The van der Waals surface area contributed by atoms with Gasteiger partial charge in [0.15, 0.2) is 5.54 Å². The molecule has 0 radical (unpaired) electrons. The highest BCUT2D eigenvalue weighted by molar-refractivity contribution is 5.82. The summed E-state index contributed by atoms with van der Waals surface area (Å²) < 4.78 is 5.23. The molecule has 14 heavy (non-hydrogen) atoms. The second-order valence-corrected chi connectivity index (χ2v) is 3.38. The molecule has 1 aliphatic heterocycles. The topological polar surface area (TPSA) is 66.8 Å². The van der Waals surface area contributed by atoms with Crippen LogP contribution in [0.3, 0.4) is 0 Å². The van der Waals surface area contributed by atoms with E-state index in [4.69, 9.17) is 4.74 Å². The molecular formula is C9H15NO4. The molecule has 1 rings (SSSR count). The van der Waals surface area contributed by atoms with Gasteiger partial charge in [-0.2, -0.15) is 0 Å². The van der Waals surface area contributed by atoms with Gasteiger partial charge in [0.05, 0.1) is 6.10 Å². The molecule has 0 spiro atoms. The summed E-state index contributed by atoms with van der Waals surface area (Å²) in [4.78, 5) is 23.3. The standard InChI is InChI=1S/C9H15NO4/c1-3-10(6-11)9(8(12)13)4-5-14-7(9)2/h6-7H,3-5H2,1-2H3,(H,12,13).